The van der Waals surface area contributed by atoms with Crippen molar-refractivity contribution in [3.05, 3.63) is 88.5 Å². The van der Waals surface area contributed by atoms with Crippen LogP contribution in [0.15, 0.2) is 65.7 Å². The van der Waals surface area contributed by atoms with Gasteiger partial charge in [0.15, 0.2) is 5.88 Å². The van der Waals surface area contributed by atoms with E-state index in [0.717, 1.165) is 24.3 Å². The third kappa shape index (κ3) is 5.76. The summed E-state index contributed by atoms with van der Waals surface area (Å²) in [5.74, 6) is -1.18. The number of anilines is 1. The molecule has 3 aromatic carbocycles. The Morgan fingerprint density at radius 2 is 1.74 bits per heavy atom. The lowest BCUT2D eigenvalue weighted by atomic mass is 9.99. The van der Waals surface area contributed by atoms with Crippen LogP contribution in [0.3, 0.4) is 0 Å². The summed E-state index contributed by atoms with van der Waals surface area (Å²) >= 11 is 0. The number of morpholine rings is 1. The van der Waals surface area contributed by atoms with Gasteiger partial charge in [0.1, 0.15) is 6.67 Å². The van der Waals surface area contributed by atoms with Crippen LogP contribution in [-0.4, -0.2) is 76.1 Å². The summed E-state index contributed by atoms with van der Waals surface area (Å²) in [6.07, 6.45) is 0.860. The zero-order valence-electron chi connectivity index (χ0n) is 24.0. The molecule has 1 aromatic heterocycles. The first-order chi connectivity index (χ1) is 20.7. The van der Waals surface area contributed by atoms with Crippen LogP contribution in [0, 0.1) is 0 Å². The number of ether oxygens (including phenoxy) is 1. The summed E-state index contributed by atoms with van der Waals surface area (Å²) in [4.78, 5) is 36.6. The predicted molar refractivity (Wildman–Crippen MR) is 162 cm³/mol. The van der Waals surface area contributed by atoms with E-state index >= 15 is 0 Å². The van der Waals surface area contributed by atoms with E-state index in [1.165, 1.54) is 12.1 Å². The van der Waals surface area contributed by atoms with Crippen LogP contribution in [0.5, 0.6) is 5.88 Å². The zero-order valence-corrected chi connectivity index (χ0v) is 24.0. The molecule has 4 aromatic rings. The fraction of sp³-hybridized carbons (Fsp3) is 0.303. The van der Waals surface area contributed by atoms with Crippen molar-refractivity contribution in [3.63, 3.8) is 0 Å². The number of H-pyrrole nitrogens is 1. The highest BCUT2D eigenvalue weighted by atomic mass is 19.1. The van der Waals surface area contributed by atoms with E-state index < -0.39 is 12.6 Å². The molecule has 0 bridgehead atoms. The largest absolute Gasteiger partial charge is 0.494 e. The van der Waals surface area contributed by atoms with Crippen LogP contribution in [0.1, 0.15) is 46.5 Å². The summed E-state index contributed by atoms with van der Waals surface area (Å²) in [5, 5.41) is 21.0. The third-order valence-electron chi connectivity index (χ3n) is 8.00. The van der Waals surface area contributed by atoms with E-state index in [9.17, 15) is 24.2 Å². The molecule has 3 heterocycles. The fourth-order valence-corrected chi connectivity index (χ4v) is 6.11. The molecule has 10 heteroatoms. The Morgan fingerprint density at radius 3 is 2.44 bits per heavy atom. The van der Waals surface area contributed by atoms with E-state index in [1.54, 1.807) is 30.3 Å². The number of benzene rings is 3. The first-order valence-corrected chi connectivity index (χ1v) is 14.3. The maximum absolute atomic E-state index is 13.3. The second-order valence-corrected chi connectivity index (χ2v) is 11.3. The molecule has 6 rings (SSSR count). The molecule has 1 fully saturated rings. The van der Waals surface area contributed by atoms with Crippen LogP contribution < -0.4 is 4.90 Å². The second kappa shape index (κ2) is 11.6. The van der Waals surface area contributed by atoms with E-state index in [4.69, 9.17) is 9.73 Å². The predicted octanol–water partition coefficient (Wildman–Crippen LogP) is 5.21. The number of nitrogens with zero attached hydrogens (tertiary/aromatic N) is 3. The van der Waals surface area contributed by atoms with Gasteiger partial charge in [0.2, 0.25) is 5.91 Å². The second-order valence-electron chi connectivity index (χ2n) is 11.3. The van der Waals surface area contributed by atoms with Crippen molar-refractivity contribution < 1.29 is 28.9 Å². The number of hydrogen-bond donors (Lipinski definition) is 3. The molecular weight excluding hydrogens is 551 g/mol. The number of aliphatic imine (C=N–C) groups is 1. The van der Waals surface area contributed by atoms with Crippen molar-refractivity contribution in [2.75, 3.05) is 31.1 Å². The highest BCUT2D eigenvalue weighted by molar-refractivity contribution is 6.22. The van der Waals surface area contributed by atoms with Crippen molar-refractivity contribution in [1.29, 1.82) is 0 Å². The number of amides is 1. The number of carboxylic acids is 1. The Morgan fingerprint density at radius 1 is 1.02 bits per heavy atom. The van der Waals surface area contributed by atoms with Gasteiger partial charge in [-0.15, -0.1) is 0 Å². The van der Waals surface area contributed by atoms with Gasteiger partial charge >= 0.3 is 5.97 Å². The Kier molecular flexibility index (Phi) is 7.72. The summed E-state index contributed by atoms with van der Waals surface area (Å²) in [6.45, 7) is 5.80. The molecule has 1 amide bonds. The number of aromatic carboxylic acids is 1. The number of aromatic hydroxyl groups is 1. The Hall–Kier alpha value is -4.54. The van der Waals surface area contributed by atoms with E-state index in [0.29, 0.717) is 58.5 Å². The number of aromatic amines is 1. The van der Waals surface area contributed by atoms with Gasteiger partial charge in [-0.1, -0.05) is 30.3 Å². The lowest BCUT2D eigenvalue weighted by molar-refractivity contribution is -0.123. The molecule has 2 unspecified atom stereocenters. The molecule has 43 heavy (non-hydrogen) atoms. The number of carbonyl (C=O) groups excluding carboxylic acids is 1. The van der Waals surface area contributed by atoms with Gasteiger partial charge in [-0.3, -0.25) is 9.69 Å². The van der Waals surface area contributed by atoms with Gasteiger partial charge in [0.05, 0.1) is 41.3 Å². The first-order valence-electron chi connectivity index (χ1n) is 14.3. The van der Waals surface area contributed by atoms with Crippen LogP contribution in [0.2, 0.25) is 0 Å². The van der Waals surface area contributed by atoms with E-state index in [2.05, 4.69) is 9.88 Å². The minimum atomic E-state index is -1.08. The molecule has 0 saturated carbocycles. The maximum Gasteiger partial charge on any atom is 0.335 e. The molecule has 222 valence electrons. The van der Waals surface area contributed by atoms with Crippen LogP contribution in [0.25, 0.3) is 10.9 Å². The first kappa shape index (κ1) is 28.6. The highest BCUT2D eigenvalue weighted by Gasteiger charge is 2.29. The van der Waals surface area contributed by atoms with Gasteiger partial charge in [-0.25, -0.2) is 14.2 Å². The molecule has 2 aliphatic rings. The number of nitrogens with one attached hydrogen (secondary N) is 1. The fourth-order valence-electron chi connectivity index (χ4n) is 6.11. The Bertz CT molecular complexity index is 1720. The normalized spacial score (nSPS) is 19.1. The number of carboxylic acid groups (broad SMARTS) is 1. The molecule has 2 aliphatic heterocycles. The number of carbonyl (C=O) groups is 2. The van der Waals surface area contributed by atoms with E-state index in [1.807, 2.05) is 36.9 Å². The van der Waals surface area contributed by atoms with Gasteiger partial charge in [-0.2, -0.15) is 0 Å². The van der Waals surface area contributed by atoms with Gasteiger partial charge in [0, 0.05) is 41.8 Å². The van der Waals surface area contributed by atoms with Crippen LogP contribution in [0.4, 0.5) is 15.8 Å². The van der Waals surface area contributed by atoms with Gasteiger partial charge < -0.3 is 24.8 Å². The molecule has 3 N–H and O–H groups in total. The number of hydrogen-bond acceptors (Lipinski definition) is 6. The molecule has 0 spiro atoms. The van der Waals surface area contributed by atoms with Crippen molar-refractivity contribution >= 4 is 39.9 Å². The van der Waals surface area contributed by atoms with Crippen molar-refractivity contribution in [2.24, 2.45) is 4.99 Å². The smallest absolute Gasteiger partial charge is 0.335 e. The minimum Gasteiger partial charge on any atom is -0.494 e. The quantitative estimate of drug-likeness (QED) is 0.257. The Labute approximate surface area is 248 Å². The lowest BCUT2D eigenvalue weighted by Crippen LogP contribution is -2.49. The molecular formula is C33H33FN4O5. The number of aromatic nitrogens is 1. The van der Waals surface area contributed by atoms with Crippen LogP contribution >= 0.6 is 0 Å². The molecule has 1 saturated heterocycles. The SMILES string of the molecule is CC1CN(CC(=O)N2CCc3cc(N=C(c4ccc(CF)cc4)c4c(O)[nH]c5cc(C(=O)O)ccc45)ccc32)CC(C)O1. The summed E-state index contributed by atoms with van der Waals surface area (Å²) in [6, 6.07) is 17.1. The molecule has 9 nitrogen and oxygen atoms in total. The third-order valence-corrected chi connectivity index (χ3v) is 8.00. The van der Waals surface area contributed by atoms with Crippen LogP contribution in [-0.2, 0) is 22.6 Å². The highest BCUT2D eigenvalue weighted by Crippen LogP contribution is 2.35. The number of rotatable bonds is 7. The molecule has 2 atom stereocenters. The van der Waals surface area contributed by atoms with Gasteiger partial charge in [0.25, 0.3) is 0 Å². The standard InChI is InChI=1S/C33H33FN4O5/c1-19-16-37(17-20(2)43-19)18-29(39)38-12-11-23-13-25(8-10-28(23)38)35-31(22-5-3-21(15-34)4-6-22)30-26-9-7-24(33(41)42)14-27(26)36-32(30)40/h3-10,13-14,19-20,36,40H,11-12,15-18H2,1-2H3,(H,41,42). The monoisotopic (exact) mass is 584 g/mol. The average Bonchev–Trinajstić information content (AvgIpc) is 3.55. The lowest BCUT2D eigenvalue weighted by Gasteiger charge is -2.35. The van der Waals surface area contributed by atoms with Crippen molar-refractivity contribution in [3.8, 4) is 5.88 Å². The molecule has 0 aliphatic carbocycles. The maximum atomic E-state index is 13.3. The number of fused-ring (bicyclic) bond motifs is 2. The zero-order chi connectivity index (χ0) is 30.2. The summed E-state index contributed by atoms with van der Waals surface area (Å²) < 4.78 is 19.1. The van der Waals surface area contributed by atoms with Crippen molar-refractivity contribution in [1.82, 2.24) is 9.88 Å². The summed E-state index contributed by atoms with van der Waals surface area (Å²) in [7, 11) is 0. The van der Waals surface area contributed by atoms with Gasteiger partial charge in [-0.05, 0) is 61.7 Å². The molecule has 0 radical (unpaired) electrons. The van der Waals surface area contributed by atoms with Crippen molar-refractivity contribution in [2.45, 2.75) is 39.2 Å². The van der Waals surface area contributed by atoms with E-state index in [-0.39, 0.29) is 29.6 Å². The summed E-state index contributed by atoms with van der Waals surface area (Å²) in [5.41, 5.74) is 5.05. The number of halogens is 1. The number of alkyl halides is 1. The minimum absolute atomic E-state index is 0.0504. The Balaban J connectivity index is 1.35. The average molecular weight is 585 g/mol. The topological polar surface area (TPSA) is 118 Å².